The molecule has 0 unspecified atom stereocenters. The van der Waals surface area contributed by atoms with Crippen LogP contribution in [0.5, 0.6) is 0 Å². The molecule has 104 valence electrons. The molecular formula is C14H19FN2O2. The summed E-state index contributed by atoms with van der Waals surface area (Å²) in [6, 6.07) is 6.23. The summed E-state index contributed by atoms with van der Waals surface area (Å²) in [6.45, 7) is 4.42. The van der Waals surface area contributed by atoms with Gasteiger partial charge in [0.05, 0.1) is 0 Å². The van der Waals surface area contributed by atoms with E-state index in [2.05, 4.69) is 5.32 Å². The SMILES string of the molecule is CC(=O)NCCN(CCc1ccc(F)cc1)C(C)=O. The molecule has 1 N–H and O–H groups in total. The molecule has 0 aliphatic rings. The molecule has 0 saturated heterocycles. The van der Waals surface area contributed by atoms with Crippen molar-refractivity contribution in [3.05, 3.63) is 35.6 Å². The molecule has 0 aromatic heterocycles. The van der Waals surface area contributed by atoms with Crippen LogP contribution in [0.4, 0.5) is 4.39 Å². The second kappa shape index (κ2) is 7.51. The van der Waals surface area contributed by atoms with Crippen molar-refractivity contribution >= 4 is 11.8 Å². The van der Waals surface area contributed by atoms with Gasteiger partial charge in [-0.05, 0) is 24.1 Å². The van der Waals surface area contributed by atoms with Crippen LogP contribution in [0.15, 0.2) is 24.3 Å². The first kappa shape index (κ1) is 15.1. The highest BCUT2D eigenvalue weighted by Gasteiger charge is 2.08. The number of rotatable bonds is 6. The maximum absolute atomic E-state index is 12.8. The molecule has 0 aliphatic heterocycles. The summed E-state index contributed by atoms with van der Waals surface area (Å²) < 4.78 is 12.8. The fourth-order valence-corrected chi connectivity index (χ4v) is 1.71. The molecule has 0 bridgehead atoms. The van der Waals surface area contributed by atoms with Gasteiger partial charge in [0.2, 0.25) is 11.8 Å². The maximum Gasteiger partial charge on any atom is 0.219 e. The van der Waals surface area contributed by atoms with Crippen molar-refractivity contribution < 1.29 is 14.0 Å². The van der Waals surface area contributed by atoms with Crippen LogP contribution in [0.25, 0.3) is 0 Å². The highest BCUT2D eigenvalue weighted by Crippen LogP contribution is 2.04. The number of amides is 2. The Morgan fingerprint density at radius 1 is 1.16 bits per heavy atom. The third kappa shape index (κ3) is 5.99. The lowest BCUT2D eigenvalue weighted by Crippen LogP contribution is -2.38. The standard InChI is InChI=1S/C14H19FN2O2/c1-11(18)16-8-10-17(12(2)19)9-7-13-3-5-14(15)6-4-13/h3-6H,7-10H2,1-2H3,(H,16,18). The van der Waals surface area contributed by atoms with Crippen LogP contribution < -0.4 is 5.32 Å². The molecule has 1 aromatic carbocycles. The lowest BCUT2D eigenvalue weighted by Gasteiger charge is -2.21. The van der Waals surface area contributed by atoms with Crippen molar-refractivity contribution in [3.8, 4) is 0 Å². The predicted octanol–water partition coefficient (Wildman–Crippen LogP) is 1.35. The molecule has 5 heteroatoms. The quantitative estimate of drug-likeness (QED) is 0.845. The van der Waals surface area contributed by atoms with Gasteiger partial charge in [-0.2, -0.15) is 0 Å². The second-order valence-corrected chi connectivity index (χ2v) is 4.37. The zero-order valence-corrected chi connectivity index (χ0v) is 11.3. The molecule has 0 fully saturated rings. The highest BCUT2D eigenvalue weighted by atomic mass is 19.1. The minimum absolute atomic E-state index is 0.0348. The number of halogens is 1. The van der Waals surface area contributed by atoms with Gasteiger partial charge in [-0.1, -0.05) is 12.1 Å². The molecule has 1 aromatic rings. The van der Waals surface area contributed by atoms with E-state index >= 15 is 0 Å². The summed E-state index contributed by atoms with van der Waals surface area (Å²) in [5, 5.41) is 2.65. The molecule has 4 nitrogen and oxygen atoms in total. The number of benzene rings is 1. The van der Waals surface area contributed by atoms with E-state index in [0.29, 0.717) is 26.1 Å². The first-order valence-electron chi connectivity index (χ1n) is 6.23. The van der Waals surface area contributed by atoms with Crippen molar-refractivity contribution in [1.82, 2.24) is 10.2 Å². The Hall–Kier alpha value is -1.91. The summed E-state index contributed by atoms with van der Waals surface area (Å²) in [5.41, 5.74) is 0.979. The highest BCUT2D eigenvalue weighted by molar-refractivity contribution is 5.74. The number of carbonyl (C=O) groups is 2. The van der Waals surface area contributed by atoms with Crippen molar-refractivity contribution in [2.45, 2.75) is 20.3 Å². The maximum atomic E-state index is 12.8. The molecule has 2 amide bonds. The summed E-state index contributed by atoms with van der Waals surface area (Å²) in [4.78, 5) is 23.9. The Balaban J connectivity index is 2.43. The van der Waals surface area contributed by atoms with Crippen molar-refractivity contribution in [2.24, 2.45) is 0 Å². The number of hydrogen-bond donors (Lipinski definition) is 1. The van der Waals surface area contributed by atoms with Crippen LogP contribution in [0, 0.1) is 5.82 Å². The Morgan fingerprint density at radius 3 is 2.32 bits per heavy atom. The first-order chi connectivity index (χ1) is 8.99. The van der Waals surface area contributed by atoms with Gasteiger partial charge in [0.15, 0.2) is 0 Å². The number of nitrogens with one attached hydrogen (secondary N) is 1. The van der Waals surface area contributed by atoms with E-state index in [-0.39, 0.29) is 17.6 Å². The third-order valence-corrected chi connectivity index (χ3v) is 2.78. The van der Waals surface area contributed by atoms with Crippen LogP contribution in [-0.4, -0.2) is 36.3 Å². The van der Waals surface area contributed by atoms with E-state index in [1.54, 1.807) is 17.0 Å². The average Bonchev–Trinajstić information content (AvgIpc) is 2.34. The molecule has 0 radical (unpaired) electrons. The van der Waals surface area contributed by atoms with Crippen molar-refractivity contribution in [3.63, 3.8) is 0 Å². The molecule has 0 saturated carbocycles. The normalized spacial score (nSPS) is 10.1. The van der Waals surface area contributed by atoms with Crippen LogP contribution in [0.1, 0.15) is 19.4 Å². The summed E-state index contributed by atoms with van der Waals surface area (Å²) >= 11 is 0. The minimum atomic E-state index is -0.266. The summed E-state index contributed by atoms with van der Waals surface area (Å²) in [6.07, 6.45) is 0.667. The van der Waals surface area contributed by atoms with E-state index in [1.807, 2.05) is 0 Å². The summed E-state index contributed by atoms with van der Waals surface area (Å²) in [5.74, 6) is -0.410. The molecule has 1 rings (SSSR count). The van der Waals surface area contributed by atoms with Crippen LogP contribution in [-0.2, 0) is 16.0 Å². The van der Waals surface area contributed by atoms with E-state index in [4.69, 9.17) is 0 Å². The monoisotopic (exact) mass is 266 g/mol. The van der Waals surface area contributed by atoms with E-state index < -0.39 is 0 Å². The molecule has 0 aliphatic carbocycles. The van der Waals surface area contributed by atoms with Crippen molar-refractivity contribution in [1.29, 1.82) is 0 Å². The van der Waals surface area contributed by atoms with E-state index in [1.165, 1.54) is 26.0 Å². The molecule has 0 spiro atoms. The van der Waals surface area contributed by atoms with Gasteiger partial charge in [-0.3, -0.25) is 9.59 Å². The second-order valence-electron chi connectivity index (χ2n) is 4.37. The molecule has 0 heterocycles. The van der Waals surface area contributed by atoms with Gasteiger partial charge in [0, 0.05) is 33.5 Å². The van der Waals surface area contributed by atoms with E-state index in [9.17, 15) is 14.0 Å². The molecule has 0 atom stereocenters. The first-order valence-corrected chi connectivity index (χ1v) is 6.23. The Morgan fingerprint density at radius 2 is 1.79 bits per heavy atom. The number of nitrogens with zero attached hydrogens (tertiary/aromatic N) is 1. The lowest BCUT2D eigenvalue weighted by atomic mass is 10.1. The Labute approximate surface area is 112 Å². The Kier molecular flexibility index (Phi) is 5.99. The van der Waals surface area contributed by atoms with Crippen molar-refractivity contribution in [2.75, 3.05) is 19.6 Å². The van der Waals surface area contributed by atoms with E-state index in [0.717, 1.165) is 5.56 Å². The smallest absolute Gasteiger partial charge is 0.219 e. The van der Waals surface area contributed by atoms with Gasteiger partial charge in [-0.25, -0.2) is 4.39 Å². The van der Waals surface area contributed by atoms with Gasteiger partial charge >= 0.3 is 0 Å². The van der Waals surface area contributed by atoms with Crippen LogP contribution in [0.2, 0.25) is 0 Å². The summed E-state index contributed by atoms with van der Waals surface area (Å²) in [7, 11) is 0. The molecular weight excluding hydrogens is 247 g/mol. The minimum Gasteiger partial charge on any atom is -0.355 e. The lowest BCUT2D eigenvalue weighted by molar-refractivity contribution is -0.129. The average molecular weight is 266 g/mol. The largest absolute Gasteiger partial charge is 0.355 e. The Bertz CT molecular complexity index is 432. The third-order valence-electron chi connectivity index (χ3n) is 2.78. The van der Waals surface area contributed by atoms with Gasteiger partial charge in [0.25, 0.3) is 0 Å². The topological polar surface area (TPSA) is 49.4 Å². The predicted molar refractivity (Wildman–Crippen MR) is 71.0 cm³/mol. The fraction of sp³-hybridized carbons (Fsp3) is 0.429. The van der Waals surface area contributed by atoms with Gasteiger partial charge < -0.3 is 10.2 Å². The van der Waals surface area contributed by atoms with Gasteiger partial charge in [-0.15, -0.1) is 0 Å². The zero-order chi connectivity index (χ0) is 14.3. The van der Waals surface area contributed by atoms with Gasteiger partial charge in [0.1, 0.15) is 5.82 Å². The zero-order valence-electron chi connectivity index (χ0n) is 11.3. The number of carbonyl (C=O) groups excluding carboxylic acids is 2. The molecule has 19 heavy (non-hydrogen) atoms. The number of hydrogen-bond acceptors (Lipinski definition) is 2. The van der Waals surface area contributed by atoms with Crippen LogP contribution in [0.3, 0.4) is 0 Å². The fourth-order valence-electron chi connectivity index (χ4n) is 1.71. The van der Waals surface area contributed by atoms with Crippen LogP contribution >= 0.6 is 0 Å².